The first-order valence-corrected chi connectivity index (χ1v) is 5.88. The molecule has 0 aliphatic heterocycles. The molecule has 0 saturated carbocycles. The molecule has 72 valence electrons. The van der Waals surface area contributed by atoms with Gasteiger partial charge in [-0.25, -0.2) is 0 Å². The second-order valence-electron chi connectivity index (χ2n) is 2.65. The van der Waals surface area contributed by atoms with Gasteiger partial charge in [0.15, 0.2) is 0 Å². The highest BCUT2D eigenvalue weighted by atomic mass is 127. The number of fused-ring (bicyclic) bond motifs is 1. The summed E-state index contributed by atoms with van der Waals surface area (Å²) < 4.78 is 2.07. The Balaban J connectivity index is 2.76. The van der Waals surface area contributed by atoms with Crippen LogP contribution in [0.5, 0.6) is 0 Å². The Morgan fingerprint density at radius 1 is 1.43 bits per heavy atom. The Hall–Kier alpha value is -0.400. The second kappa shape index (κ2) is 3.63. The van der Waals surface area contributed by atoms with E-state index in [2.05, 4.69) is 22.6 Å². The number of nitrogens with zero attached hydrogens (tertiary/aromatic N) is 1. The molecule has 2 aromatic rings. The summed E-state index contributed by atoms with van der Waals surface area (Å²) in [4.78, 5) is 10.1. The summed E-state index contributed by atoms with van der Waals surface area (Å²) in [5.41, 5.74) is -0.0339. The molecule has 0 N–H and O–H groups in total. The molecule has 0 bridgehead atoms. The van der Waals surface area contributed by atoms with Crippen LogP contribution in [0.2, 0.25) is 5.02 Å². The van der Waals surface area contributed by atoms with Crippen LogP contribution in [0.4, 0.5) is 5.69 Å². The molecule has 0 atom stereocenters. The maximum Gasteiger partial charge on any atom is 0.288 e. The largest absolute Gasteiger partial charge is 0.288 e. The van der Waals surface area contributed by atoms with Crippen LogP contribution in [0.3, 0.4) is 0 Å². The molecule has 1 heterocycles. The fourth-order valence-corrected chi connectivity index (χ4v) is 3.31. The second-order valence-corrected chi connectivity index (χ2v) is 6.03. The number of benzene rings is 1. The van der Waals surface area contributed by atoms with Crippen molar-refractivity contribution >= 4 is 61.3 Å². The highest BCUT2D eigenvalue weighted by Crippen LogP contribution is 2.34. The molecule has 2 rings (SSSR count). The van der Waals surface area contributed by atoms with Crippen LogP contribution in [0, 0.1) is 13.0 Å². The quantitative estimate of drug-likeness (QED) is 0.446. The molecular formula is C8H3ClINO2S. The Morgan fingerprint density at radius 3 is 2.79 bits per heavy atom. The highest BCUT2D eigenvalue weighted by molar-refractivity contribution is 14.1. The van der Waals surface area contributed by atoms with Crippen molar-refractivity contribution in [2.75, 3.05) is 0 Å². The zero-order chi connectivity index (χ0) is 10.3. The van der Waals surface area contributed by atoms with E-state index in [0.717, 1.165) is 13.0 Å². The van der Waals surface area contributed by atoms with E-state index in [1.54, 1.807) is 17.4 Å². The van der Waals surface area contributed by atoms with Crippen molar-refractivity contribution in [2.45, 2.75) is 0 Å². The van der Waals surface area contributed by atoms with Crippen molar-refractivity contribution in [1.29, 1.82) is 0 Å². The molecule has 0 radical (unpaired) electrons. The van der Waals surface area contributed by atoms with E-state index in [4.69, 9.17) is 11.6 Å². The van der Waals surface area contributed by atoms with Crippen LogP contribution < -0.4 is 0 Å². The lowest BCUT2D eigenvalue weighted by molar-refractivity contribution is -0.384. The highest BCUT2D eigenvalue weighted by Gasteiger charge is 2.14. The number of hydrogen-bond acceptors (Lipinski definition) is 3. The summed E-state index contributed by atoms with van der Waals surface area (Å²) in [6, 6.07) is 5.06. The molecule has 14 heavy (non-hydrogen) atoms. The van der Waals surface area contributed by atoms with E-state index in [1.165, 1.54) is 6.07 Å². The molecule has 3 nitrogen and oxygen atoms in total. The summed E-state index contributed by atoms with van der Waals surface area (Å²) in [7, 11) is 0. The first-order valence-electron chi connectivity index (χ1n) is 3.61. The molecule has 0 aliphatic carbocycles. The molecule has 6 heteroatoms. The molecule has 1 aromatic heterocycles. The van der Waals surface area contributed by atoms with Gasteiger partial charge >= 0.3 is 0 Å². The van der Waals surface area contributed by atoms with Gasteiger partial charge in [-0.05, 0) is 34.7 Å². The predicted molar refractivity (Wildman–Crippen MR) is 66.2 cm³/mol. The number of halogens is 2. The maximum atomic E-state index is 10.6. The summed E-state index contributed by atoms with van der Waals surface area (Å²) in [5, 5.41) is 11.7. The van der Waals surface area contributed by atoms with Crippen molar-refractivity contribution in [3.8, 4) is 0 Å². The van der Waals surface area contributed by atoms with Gasteiger partial charge in [0.25, 0.3) is 5.69 Å². The summed E-state index contributed by atoms with van der Waals surface area (Å²) in [5.74, 6) is 0. The molecular weight excluding hydrogens is 337 g/mol. The van der Waals surface area contributed by atoms with Gasteiger partial charge in [0.2, 0.25) is 0 Å². The lowest BCUT2D eigenvalue weighted by atomic mass is 10.2. The molecule has 0 aliphatic rings. The van der Waals surface area contributed by atoms with Gasteiger partial charge in [-0.1, -0.05) is 11.6 Å². The third-order valence-corrected chi connectivity index (χ3v) is 3.91. The fourth-order valence-electron chi connectivity index (χ4n) is 1.16. The van der Waals surface area contributed by atoms with Crippen molar-refractivity contribution in [1.82, 2.24) is 0 Å². The van der Waals surface area contributed by atoms with E-state index >= 15 is 0 Å². The van der Waals surface area contributed by atoms with Crippen LogP contribution in [-0.2, 0) is 0 Å². The van der Waals surface area contributed by atoms with Crippen LogP contribution in [-0.4, -0.2) is 4.92 Å². The monoisotopic (exact) mass is 339 g/mol. The van der Waals surface area contributed by atoms with Crippen LogP contribution >= 0.6 is 45.5 Å². The minimum absolute atomic E-state index is 0.0339. The SMILES string of the molecule is O=[N+]([O-])c1cc2cc(I)sc2cc1Cl. The summed E-state index contributed by atoms with van der Waals surface area (Å²) >= 11 is 9.52. The van der Waals surface area contributed by atoms with Gasteiger partial charge < -0.3 is 0 Å². The first kappa shape index (κ1) is 10.1. The van der Waals surface area contributed by atoms with E-state index in [1.807, 2.05) is 6.07 Å². The van der Waals surface area contributed by atoms with Gasteiger partial charge in [-0.3, -0.25) is 10.1 Å². The fraction of sp³-hybridized carbons (Fsp3) is 0. The van der Waals surface area contributed by atoms with Crippen molar-refractivity contribution < 1.29 is 4.92 Å². The Bertz CT molecular complexity index is 525. The minimum Gasteiger partial charge on any atom is -0.258 e. The average Bonchev–Trinajstić information content (AvgIpc) is 2.42. The molecule has 1 aromatic carbocycles. The first-order chi connectivity index (χ1) is 6.58. The van der Waals surface area contributed by atoms with E-state index < -0.39 is 4.92 Å². The van der Waals surface area contributed by atoms with Gasteiger partial charge in [0.1, 0.15) is 5.02 Å². The standard InChI is InChI=1S/C8H3ClINO2S/c9-5-3-7-4(2-8(10)14-7)1-6(5)11(12)13/h1-3H. The number of nitro groups is 1. The Morgan fingerprint density at radius 2 is 2.14 bits per heavy atom. The Kier molecular flexibility index (Phi) is 2.63. The smallest absolute Gasteiger partial charge is 0.258 e. The van der Waals surface area contributed by atoms with Gasteiger partial charge in [0, 0.05) is 16.2 Å². The molecule has 0 spiro atoms. The number of hydrogen-bond donors (Lipinski definition) is 0. The lowest BCUT2D eigenvalue weighted by Gasteiger charge is -1.94. The van der Waals surface area contributed by atoms with Crippen molar-refractivity contribution in [3.05, 3.63) is 36.2 Å². The molecule has 0 unspecified atom stereocenters. The third kappa shape index (κ3) is 1.71. The molecule has 0 fully saturated rings. The number of nitro benzene ring substituents is 1. The molecule has 0 amide bonds. The van der Waals surface area contributed by atoms with Gasteiger partial charge in [-0.15, -0.1) is 11.3 Å². The van der Waals surface area contributed by atoms with Crippen molar-refractivity contribution in [3.63, 3.8) is 0 Å². The zero-order valence-corrected chi connectivity index (χ0v) is 10.4. The zero-order valence-electron chi connectivity index (χ0n) is 6.66. The number of thiophene rings is 1. The van der Waals surface area contributed by atoms with Gasteiger partial charge in [-0.2, -0.15) is 0 Å². The van der Waals surface area contributed by atoms with Crippen LogP contribution in [0.25, 0.3) is 10.1 Å². The number of rotatable bonds is 1. The summed E-state index contributed by atoms with van der Waals surface area (Å²) in [6.45, 7) is 0. The Labute approximate surface area is 102 Å². The van der Waals surface area contributed by atoms with Crippen LogP contribution in [0.15, 0.2) is 18.2 Å². The lowest BCUT2D eigenvalue weighted by Crippen LogP contribution is -1.87. The normalized spacial score (nSPS) is 10.7. The van der Waals surface area contributed by atoms with E-state index in [0.29, 0.717) is 0 Å². The van der Waals surface area contributed by atoms with E-state index in [-0.39, 0.29) is 10.7 Å². The topological polar surface area (TPSA) is 43.1 Å². The average molecular weight is 340 g/mol. The van der Waals surface area contributed by atoms with Crippen molar-refractivity contribution in [2.24, 2.45) is 0 Å². The van der Waals surface area contributed by atoms with Crippen LogP contribution in [0.1, 0.15) is 0 Å². The van der Waals surface area contributed by atoms with E-state index in [9.17, 15) is 10.1 Å². The summed E-state index contributed by atoms with van der Waals surface area (Å²) in [6.07, 6.45) is 0. The molecule has 0 saturated heterocycles. The van der Waals surface area contributed by atoms with Gasteiger partial charge in [0.05, 0.1) is 7.81 Å². The maximum absolute atomic E-state index is 10.6. The minimum atomic E-state index is -0.466. The predicted octanol–water partition coefficient (Wildman–Crippen LogP) is 4.07. The third-order valence-electron chi connectivity index (χ3n) is 1.75.